The zero-order valence-electron chi connectivity index (χ0n) is 16.2. The summed E-state index contributed by atoms with van der Waals surface area (Å²) < 4.78 is 6.24. The first-order valence-corrected chi connectivity index (χ1v) is 10.1. The largest absolute Gasteiger partial charge is 0.380 e. The molecule has 28 heavy (non-hydrogen) atoms. The Labute approximate surface area is 167 Å². The summed E-state index contributed by atoms with van der Waals surface area (Å²) in [6.07, 6.45) is 4.50. The predicted octanol–water partition coefficient (Wildman–Crippen LogP) is 3.43. The van der Waals surface area contributed by atoms with Crippen molar-refractivity contribution in [3.63, 3.8) is 0 Å². The molecular weight excluding hydrogens is 374 g/mol. The van der Waals surface area contributed by atoms with Crippen LogP contribution in [0.1, 0.15) is 40.3 Å². The van der Waals surface area contributed by atoms with Crippen LogP contribution in [0.5, 0.6) is 0 Å². The first-order valence-electron chi connectivity index (χ1n) is 9.32. The van der Waals surface area contributed by atoms with E-state index in [1.807, 2.05) is 43.1 Å². The van der Waals surface area contributed by atoms with Gasteiger partial charge in [-0.2, -0.15) is 0 Å². The molecular formula is C20H23N5O2S. The quantitative estimate of drug-likeness (QED) is 0.710. The number of hydrogen-bond donors (Lipinski definition) is 1. The van der Waals surface area contributed by atoms with E-state index in [4.69, 9.17) is 4.74 Å². The Balaban J connectivity index is 1.66. The number of ether oxygens (including phenoxy) is 1. The summed E-state index contributed by atoms with van der Waals surface area (Å²) in [5, 5.41) is 3.31. The van der Waals surface area contributed by atoms with Crippen molar-refractivity contribution in [3.8, 4) is 0 Å². The highest BCUT2D eigenvalue weighted by Gasteiger charge is 2.29. The number of nitrogens with one attached hydrogen (secondary N) is 1. The molecule has 8 heteroatoms. The molecule has 0 saturated carbocycles. The van der Waals surface area contributed by atoms with Crippen molar-refractivity contribution in [2.75, 3.05) is 25.5 Å². The zero-order chi connectivity index (χ0) is 19.7. The van der Waals surface area contributed by atoms with Gasteiger partial charge in [0.2, 0.25) is 5.95 Å². The van der Waals surface area contributed by atoms with Gasteiger partial charge in [-0.05, 0) is 38.0 Å². The molecule has 1 amide bonds. The number of fused-ring (bicyclic) bond motifs is 1. The van der Waals surface area contributed by atoms with Gasteiger partial charge in [0.05, 0.1) is 22.4 Å². The van der Waals surface area contributed by atoms with Crippen LogP contribution >= 0.6 is 11.3 Å². The van der Waals surface area contributed by atoms with E-state index in [1.54, 1.807) is 24.6 Å². The molecule has 4 rings (SSSR count). The molecule has 0 spiro atoms. The van der Waals surface area contributed by atoms with Crippen LogP contribution in [-0.4, -0.2) is 52.1 Å². The second-order valence-electron chi connectivity index (χ2n) is 7.02. The number of pyridine rings is 1. The van der Waals surface area contributed by atoms with E-state index in [1.165, 1.54) is 0 Å². The van der Waals surface area contributed by atoms with E-state index in [9.17, 15) is 4.79 Å². The number of aromatic nitrogens is 3. The highest BCUT2D eigenvalue weighted by atomic mass is 32.1. The minimum atomic E-state index is -0.0640. The Bertz CT molecular complexity index is 991. The Morgan fingerprint density at radius 2 is 2.29 bits per heavy atom. The fourth-order valence-electron chi connectivity index (χ4n) is 3.42. The van der Waals surface area contributed by atoms with Gasteiger partial charge in [-0.1, -0.05) is 6.07 Å². The van der Waals surface area contributed by atoms with Crippen molar-refractivity contribution < 1.29 is 9.53 Å². The summed E-state index contributed by atoms with van der Waals surface area (Å²) in [7, 11) is 1.69. The number of rotatable bonds is 5. The molecule has 4 heterocycles. The maximum atomic E-state index is 13.2. The topological polar surface area (TPSA) is 80.2 Å². The fraction of sp³-hybridized carbons (Fsp3) is 0.400. The maximum absolute atomic E-state index is 13.2. The first kappa shape index (κ1) is 18.8. The average molecular weight is 398 g/mol. The van der Waals surface area contributed by atoms with Crippen LogP contribution in [0.3, 0.4) is 0 Å². The molecule has 2 unspecified atom stereocenters. The standard InChI is InChI=1S/C20H23N5O2S/c1-12-9-16-18(28-12)17(19(26)25-8-6-15(11-25)27-3)24-20(23-16)22-13(2)14-5-4-7-21-10-14/h4-5,7,9-10,13,15H,6,8,11H2,1-3H3,(H,22,23,24). The monoisotopic (exact) mass is 397 g/mol. The number of nitrogens with zero attached hydrogens (tertiary/aromatic N) is 4. The lowest BCUT2D eigenvalue weighted by Crippen LogP contribution is -2.31. The molecule has 7 nitrogen and oxygen atoms in total. The Hall–Kier alpha value is -2.58. The molecule has 2 atom stereocenters. The lowest BCUT2D eigenvalue weighted by Gasteiger charge is -2.18. The van der Waals surface area contributed by atoms with Gasteiger partial charge in [0, 0.05) is 37.5 Å². The predicted molar refractivity (Wildman–Crippen MR) is 110 cm³/mol. The highest BCUT2D eigenvalue weighted by molar-refractivity contribution is 7.19. The maximum Gasteiger partial charge on any atom is 0.274 e. The van der Waals surface area contributed by atoms with Crippen molar-refractivity contribution in [2.45, 2.75) is 32.4 Å². The molecule has 1 aliphatic rings. The molecule has 1 N–H and O–H groups in total. The van der Waals surface area contributed by atoms with Crippen LogP contribution in [0.25, 0.3) is 10.2 Å². The van der Waals surface area contributed by atoms with Gasteiger partial charge in [-0.15, -0.1) is 11.3 Å². The van der Waals surface area contributed by atoms with Crippen molar-refractivity contribution in [1.29, 1.82) is 0 Å². The smallest absolute Gasteiger partial charge is 0.274 e. The van der Waals surface area contributed by atoms with Crippen molar-refractivity contribution in [2.24, 2.45) is 0 Å². The molecule has 0 aliphatic carbocycles. The molecule has 0 radical (unpaired) electrons. The third-order valence-corrected chi connectivity index (χ3v) is 6.04. The van der Waals surface area contributed by atoms with Crippen molar-refractivity contribution >= 4 is 33.4 Å². The average Bonchev–Trinajstić information content (AvgIpc) is 3.33. The molecule has 0 bridgehead atoms. The number of aryl methyl sites for hydroxylation is 1. The highest BCUT2D eigenvalue weighted by Crippen LogP contribution is 2.29. The van der Waals surface area contributed by atoms with E-state index in [2.05, 4.69) is 20.3 Å². The van der Waals surface area contributed by atoms with E-state index < -0.39 is 0 Å². The third kappa shape index (κ3) is 3.70. The van der Waals surface area contributed by atoms with Gasteiger partial charge in [0.25, 0.3) is 5.91 Å². The number of carbonyl (C=O) groups excluding carboxylic acids is 1. The summed E-state index contributed by atoms with van der Waals surface area (Å²) in [6.45, 7) is 5.32. The van der Waals surface area contributed by atoms with E-state index in [0.717, 1.165) is 27.1 Å². The van der Waals surface area contributed by atoms with Crippen LogP contribution in [0.15, 0.2) is 30.6 Å². The van der Waals surface area contributed by atoms with Crippen LogP contribution in [-0.2, 0) is 4.74 Å². The molecule has 3 aromatic heterocycles. The third-order valence-electron chi connectivity index (χ3n) is 4.99. The minimum absolute atomic E-state index is 0.0292. The van der Waals surface area contributed by atoms with Gasteiger partial charge < -0.3 is 15.0 Å². The van der Waals surface area contributed by atoms with E-state index >= 15 is 0 Å². The van der Waals surface area contributed by atoms with Gasteiger partial charge in [0.15, 0.2) is 5.69 Å². The number of methoxy groups -OCH3 is 1. The van der Waals surface area contributed by atoms with Crippen molar-refractivity contribution in [3.05, 3.63) is 46.7 Å². The Morgan fingerprint density at radius 3 is 3.00 bits per heavy atom. The lowest BCUT2D eigenvalue weighted by molar-refractivity contribution is 0.0721. The first-order chi connectivity index (χ1) is 13.5. The Morgan fingerprint density at radius 1 is 1.43 bits per heavy atom. The molecule has 3 aromatic rings. The number of likely N-dealkylation sites (tertiary alicyclic amines) is 1. The molecule has 146 valence electrons. The normalized spacial score (nSPS) is 17.8. The number of hydrogen-bond acceptors (Lipinski definition) is 7. The zero-order valence-corrected chi connectivity index (χ0v) is 17.0. The SMILES string of the molecule is COC1CCN(C(=O)c2nc(NC(C)c3cccnc3)nc3cc(C)sc23)C1. The molecule has 1 fully saturated rings. The second-order valence-corrected chi connectivity index (χ2v) is 8.27. The van der Waals surface area contributed by atoms with Gasteiger partial charge in [0.1, 0.15) is 0 Å². The van der Waals surface area contributed by atoms with Gasteiger partial charge in [-0.25, -0.2) is 9.97 Å². The minimum Gasteiger partial charge on any atom is -0.380 e. The van der Waals surface area contributed by atoms with Gasteiger partial charge in [-0.3, -0.25) is 9.78 Å². The summed E-state index contributed by atoms with van der Waals surface area (Å²) in [5.74, 6) is 0.387. The van der Waals surface area contributed by atoms with Crippen LogP contribution in [0, 0.1) is 6.92 Å². The lowest BCUT2D eigenvalue weighted by atomic mass is 10.1. The summed E-state index contributed by atoms with van der Waals surface area (Å²) in [4.78, 5) is 29.5. The van der Waals surface area contributed by atoms with Crippen LogP contribution in [0.4, 0.5) is 5.95 Å². The van der Waals surface area contributed by atoms with Gasteiger partial charge >= 0.3 is 0 Å². The summed E-state index contributed by atoms with van der Waals surface area (Å²) in [6, 6.07) is 5.87. The van der Waals surface area contributed by atoms with Crippen LogP contribution < -0.4 is 5.32 Å². The molecule has 1 aliphatic heterocycles. The van der Waals surface area contributed by atoms with Crippen LogP contribution in [0.2, 0.25) is 0 Å². The second kappa shape index (κ2) is 7.81. The number of thiophene rings is 1. The molecule has 1 saturated heterocycles. The van der Waals surface area contributed by atoms with Crippen molar-refractivity contribution in [1.82, 2.24) is 19.9 Å². The summed E-state index contributed by atoms with van der Waals surface area (Å²) >= 11 is 1.55. The number of carbonyl (C=O) groups is 1. The Kier molecular flexibility index (Phi) is 5.23. The summed E-state index contributed by atoms with van der Waals surface area (Å²) in [5.41, 5.74) is 2.29. The number of anilines is 1. The fourth-order valence-corrected chi connectivity index (χ4v) is 4.35. The van der Waals surface area contributed by atoms with E-state index in [0.29, 0.717) is 24.7 Å². The molecule has 0 aromatic carbocycles. The number of amides is 1. The van der Waals surface area contributed by atoms with E-state index in [-0.39, 0.29) is 18.1 Å².